The van der Waals surface area contributed by atoms with Crippen molar-refractivity contribution < 1.29 is 9.32 Å². The highest BCUT2D eigenvalue weighted by Crippen LogP contribution is 2.25. The summed E-state index contributed by atoms with van der Waals surface area (Å²) in [5, 5.41) is 7.26. The summed E-state index contributed by atoms with van der Waals surface area (Å²) in [7, 11) is 0. The molecular formula is C14H13N5O2S. The van der Waals surface area contributed by atoms with Gasteiger partial charge in [0.2, 0.25) is 0 Å². The van der Waals surface area contributed by atoms with Crippen molar-refractivity contribution in [2.75, 3.05) is 0 Å². The minimum Gasteiger partial charge on any atom is -0.361 e. The van der Waals surface area contributed by atoms with Crippen LogP contribution in [0.3, 0.4) is 0 Å². The number of aromatic nitrogens is 4. The highest BCUT2D eigenvalue weighted by molar-refractivity contribution is 7.17. The van der Waals surface area contributed by atoms with Crippen molar-refractivity contribution >= 4 is 17.2 Å². The van der Waals surface area contributed by atoms with Gasteiger partial charge < -0.3 is 9.84 Å². The van der Waals surface area contributed by atoms with E-state index in [1.807, 2.05) is 0 Å². The third-order valence-corrected chi connectivity index (χ3v) is 4.02. The van der Waals surface area contributed by atoms with Gasteiger partial charge in [0.05, 0.1) is 12.2 Å². The van der Waals surface area contributed by atoms with Crippen molar-refractivity contribution in [3.05, 3.63) is 46.6 Å². The van der Waals surface area contributed by atoms with Gasteiger partial charge in [0.15, 0.2) is 10.8 Å². The second kappa shape index (κ2) is 6.02. The number of thiazole rings is 1. The van der Waals surface area contributed by atoms with Crippen LogP contribution >= 0.6 is 11.3 Å². The van der Waals surface area contributed by atoms with Gasteiger partial charge in [-0.2, -0.15) is 0 Å². The molecule has 3 rings (SSSR count). The minimum absolute atomic E-state index is 0.196. The summed E-state index contributed by atoms with van der Waals surface area (Å²) in [6.07, 6.45) is 3.29. The Balaban J connectivity index is 1.74. The summed E-state index contributed by atoms with van der Waals surface area (Å²) in [5.41, 5.74) is 1.33. The second-order valence-corrected chi connectivity index (χ2v) is 5.62. The van der Waals surface area contributed by atoms with Crippen LogP contribution in [0.2, 0.25) is 0 Å². The quantitative estimate of drug-likeness (QED) is 0.792. The molecule has 7 nitrogen and oxygen atoms in total. The summed E-state index contributed by atoms with van der Waals surface area (Å²) in [6.45, 7) is 3.90. The average Bonchev–Trinajstić information content (AvgIpc) is 3.12. The average molecular weight is 315 g/mol. The molecule has 1 N–H and O–H groups in total. The van der Waals surface area contributed by atoms with Gasteiger partial charge in [-0.1, -0.05) is 5.16 Å². The molecule has 3 aromatic heterocycles. The van der Waals surface area contributed by atoms with Crippen LogP contribution in [0.1, 0.15) is 26.8 Å². The molecule has 0 radical (unpaired) electrons. The molecule has 112 valence electrons. The lowest BCUT2D eigenvalue weighted by atomic mass is 10.3. The van der Waals surface area contributed by atoms with Crippen molar-refractivity contribution in [1.29, 1.82) is 0 Å². The largest absolute Gasteiger partial charge is 0.361 e. The van der Waals surface area contributed by atoms with Crippen LogP contribution in [0.5, 0.6) is 0 Å². The molecule has 1 amide bonds. The van der Waals surface area contributed by atoms with Gasteiger partial charge in [-0.05, 0) is 19.9 Å². The first-order valence-electron chi connectivity index (χ1n) is 6.58. The minimum atomic E-state index is -0.196. The fourth-order valence-corrected chi connectivity index (χ4v) is 2.80. The van der Waals surface area contributed by atoms with Gasteiger partial charge in [-0.15, -0.1) is 11.3 Å². The highest BCUT2D eigenvalue weighted by Gasteiger charge is 2.17. The van der Waals surface area contributed by atoms with Crippen molar-refractivity contribution in [2.24, 2.45) is 0 Å². The number of carbonyl (C=O) groups excluding carboxylic acids is 1. The number of hydrogen-bond donors (Lipinski definition) is 1. The van der Waals surface area contributed by atoms with Crippen LogP contribution in [-0.2, 0) is 6.54 Å². The Morgan fingerprint density at radius 3 is 2.77 bits per heavy atom. The fraction of sp³-hybridized carbons (Fsp3) is 0.214. The Bertz CT molecular complexity index is 797. The third-order valence-electron chi connectivity index (χ3n) is 2.87. The van der Waals surface area contributed by atoms with Gasteiger partial charge in [0, 0.05) is 18.5 Å². The molecule has 0 aliphatic rings. The van der Waals surface area contributed by atoms with E-state index in [1.165, 1.54) is 11.3 Å². The molecule has 0 saturated heterocycles. The van der Waals surface area contributed by atoms with Gasteiger partial charge in [0.25, 0.3) is 5.91 Å². The van der Waals surface area contributed by atoms with Crippen molar-refractivity contribution in [3.8, 4) is 10.8 Å². The molecule has 0 spiro atoms. The summed E-state index contributed by atoms with van der Waals surface area (Å²) in [4.78, 5) is 25.4. The molecule has 0 bridgehead atoms. The van der Waals surface area contributed by atoms with E-state index in [-0.39, 0.29) is 5.91 Å². The van der Waals surface area contributed by atoms with Gasteiger partial charge in [-0.25, -0.2) is 15.0 Å². The van der Waals surface area contributed by atoms with Crippen molar-refractivity contribution in [1.82, 2.24) is 25.4 Å². The van der Waals surface area contributed by atoms with Gasteiger partial charge in [-0.3, -0.25) is 4.79 Å². The maximum atomic E-state index is 12.3. The zero-order chi connectivity index (χ0) is 15.5. The van der Waals surface area contributed by atoms with Crippen LogP contribution < -0.4 is 5.32 Å². The molecule has 0 aliphatic carbocycles. The van der Waals surface area contributed by atoms with Gasteiger partial charge in [0.1, 0.15) is 16.3 Å². The second-order valence-electron chi connectivity index (χ2n) is 4.62. The number of nitrogens with zero attached hydrogens (tertiary/aromatic N) is 4. The number of hydrogen-bond acceptors (Lipinski definition) is 7. The Labute approximate surface area is 130 Å². The summed E-state index contributed by atoms with van der Waals surface area (Å²) in [5.74, 6) is 1.03. The molecule has 22 heavy (non-hydrogen) atoms. The van der Waals surface area contributed by atoms with Gasteiger partial charge >= 0.3 is 0 Å². The standard InChI is InChI=1S/C14H13N5O2S/c1-8-6-10(19-21-8)7-17-13(20)11-9(2)18-14(22-11)12-15-4-3-5-16-12/h3-6H,7H2,1-2H3,(H,17,20). The van der Waals surface area contributed by atoms with Crippen LogP contribution in [0.25, 0.3) is 10.8 Å². The summed E-state index contributed by atoms with van der Waals surface area (Å²) >= 11 is 1.27. The smallest absolute Gasteiger partial charge is 0.263 e. The Kier molecular flexibility index (Phi) is 3.92. The monoisotopic (exact) mass is 315 g/mol. The van der Waals surface area contributed by atoms with E-state index in [0.29, 0.717) is 39.4 Å². The first kappa shape index (κ1) is 14.3. The topological polar surface area (TPSA) is 93.8 Å². The number of carbonyl (C=O) groups is 1. The summed E-state index contributed by atoms with van der Waals surface area (Å²) < 4.78 is 4.96. The SMILES string of the molecule is Cc1cc(CNC(=O)c2sc(-c3ncccn3)nc2C)no1. The number of nitrogens with one attached hydrogen (secondary N) is 1. The first-order chi connectivity index (χ1) is 10.6. The van der Waals surface area contributed by atoms with E-state index in [1.54, 1.807) is 38.4 Å². The predicted octanol–water partition coefficient (Wildman–Crippen LogP) is 2.13. The van der Waals surface area contributed by atoms with E-state index in [0.717, 1.165) is 0 Å². The molecule has 0 saturated carbocycles. The molecule has 0 fully saturated rings. The predicted molar refractivity (Wildman–Crippen MR) is 80.3 cm³/mol. The molecule has 8 heteroatoms. The van der Waals surface area contributed by atoms with Crippen molar-refractivity contribution in [3.63, 3.8) is 0 Å². The fourth-order valence-electron chi connectivity index (χ4n) is 1.86. The first-order valence-corrected chi connectivity index (χ1v) is 7.40. The van der Waals surface area contributed by atoms with Crippen LogP contribution in [0.4, 0.5) is 0 Å². The molecule has 0 aromatic carbocycles. The van der Waals surface area contributed by atoms with E-state index in [9.17, 15) is 4.79 Å². The van der Waals surface area contributed by atoms with Crippen LogP contribution in [0, 0.1) is 13.8 Å². The lowest BCUT2D eigenvalue weighted by Crippen LogP contribution is -2.22. The molecule has 0 atom stereocenters. The van der Waals surface area contributed by atoms with E-state index in [2.05, 4.69) is 25.4 Å². The Morgan fingerprint density at radius 2 is 2.09 bits per heavy atom. The molecular weight excluding hydrogens is 302 g/mol. The van der Waals surface area contributed by atoms with E-state index >= 15 is 0 Å². The van der Waals surface area contributed by atoms with Crippen LogP contribution in [0.15, 0.2) is 29.0 Å². The van der Waals surface area contributed by atoms with E-state index in [4.69, 9.17) is 4.52 Å². The molecule has 0 aliphatic heterocycles. The Hall–Kier alpha value is -2.61. The molecule has 0 unspecified atom stereocenters. The highest BCUT2D eigenvalue weighted by atomic mass is 32.1. The number of aryl methyl sites for hydroxylation is 2. The maximum Gasteiger partial charge on any atom is 0.263 e. The zero-order valence-electron chi connectivity index (χ0n) is 12.0. The normalized spacial score (nSPS) is 10.6. The van der Waals surface area contributed by atoms with Crippen molar-refractivity contribution in [2.45, 2.75) is 20.4 Å². The summed E-state index contributed by atoms with van der Waals surface area (Å²) in [6, 6.07) is 3.51. The lowest BCUT2D eigenvalue weighted by molar-refractivity contribution is 0.0953. The third kappa shape index (κ3) is 3.01. The van der Waals surface area contributed by atoms with E-state index < -0.39 is 0 Å². The zero-order valence-corrected chi connectivity index (χ0v) is 12.8. The molecule has 3 heterocycles. The Morgan fingerprint density at radius 1 is 1.32 bits per heavy atom. The lowest BCUT2D eigenvalue weighted by Gasteiger charge is -2.00. The number of amides is 1. The number of rotatable bonds is 4. The maximum absolute atomic E-state index is 12.3. The van der Waals surface area contributed by atoms with Crippen LogP contribution in [-0.4, -0.2) is 26.0 Å². The molecule has 3 aromatic rings.